The minimum absolute atomic E-state index is 0.0917. The number of rotatable bonds is 6. The van der Waals surface area contributed by atoms with Crippen molar-refractivity contribution >= 4 is 11.6 Å². The van der Waals surface area contributed by atoms with Gasteiger partial charge in [-0.15, -0.1) is 0 Å². The van der Waals surface area contributed by atoms with E-state index in [2.05, 4.69) is 5.32 Å². The lowest BCUT2D eigenvalue weighted by atomic mass is 9.79. The molecule has 116 valence electrons. The van der Waals surface area contributed by atoms with E-state index in [1.54, 1.807) is 0 Å². The molecule has 0 spiro atoms. The van der Waals surface area contributed by atoms with Gasteiger partial charge in [0.25, 0.3) is 0 Å². The fourth-order valence-electron chi connectivity index (χ4n) is 3.07. The highest BCUT2D eigenvalue weighted by atomic mass is 16.3. The number of nitrogen functional groups attached to an aromatic ring is 1. The van der Waals surface area contributed by atoms with Crippen molar-refractivity contribution in [1.29, 1.82) is 0 Å². The van der Waals surface area contributed by atoms with E-state index in [1.807, 2.05) is 24.3 Å². The van der Waals surface area contributed by atoms with Crippen LogP contribution < -0.4 is 11.1 Å². The van der Waals surface area contributed by atoms with Crippen molar-refractivity contribution in [3.8, 4) is 0 Å². The summed E-state index contributed by atoms with van der Waals surface area (Å²) in [6.07, 6.45) is 5.85. The average Bonchev–Trinajstić information content (AvgIpc) is 2.52. The second kappa shape index (κ2) is 8.03. The van der Waals surface area contributed by atoms with Crippen molar-refractivity contribution in [3.05, 3.63) is 29.8 Å². The lowest BCUT2D eigenvalue weighted by Crippen LogP contribution is -2.35. The van der Waals surface area contributed by atoms with Crippen LogP contribution in [-0.4, -0.2) is 24.2 Å². The maximum atomic E-state index is 11.9. The maximum Gasteiger partial charge on any atom is 0.220 e. The molecule has 0 aliphatic heterocycles. The summed E-state index contributed by atoms with van der Waals surface area (Å²) >= 11 is 0. The molecule has 1 saturated carbocycles. The minimum atomic E-state index is 0.0917. The Kier molecular flexibility index (Phi) is 6.05. The molecule has 1 aliphatic rings. The third kappa shape index (κ3) is 5.05. The largest absolute Gasteiger partial charge is 0.399 e. The molecule has 0 aromatic heterocycles. The normalized spacial score (nSPS) is 22.0. The number of aryl methyl sites for hydroxylation is 1. The Labute approximate surface area is 126 Å². The number of amides is 1. The second-order valence-electron chi connectivity index (χ2n) is 6.03. The highest BCUT2D eigenvalue weighted by molar-refractivity contribution is 5.76. The first-order valence-electron chi connectivity index (χ1n) is 7.91. The molecular weight excluding hydrogens is 264 g/mol. The Morgan fingerprint density at radius 3 is 2.52 bits per heavy atom. The number of carbonyl (C=O) groups excluding carboxylic acids is 1. The Morgan fingerprint density at radius 1 is 1.19 bits per heavy atom. The monoisotopic (exact) mass is 290 g/mol. The number of nitrogens with one attached hydrogen (secondary N) is 1. The molecule has 1 aliphatic carbocycles. The molecule has 1 aromatic rings. The van der Waals surface area contributed by atoms with Gasteiger partial charge >= 0.3 is 0 Å². The maximum absolute atomic E-state index is 11.9. The topological polar surface area (TPSA) is 75.4 Å². The second-order valence-corrected chi connectivity index (χ2v) is 6.03. The fourth-order valence-corrected chi connectivity index (χ4v) is 3.07. The van der Waals surface area contributed by atoms with Crippen LogP contribution in [0.15, 0.2) is 24.3 Å². The van der Waals surface area contributed by atoms with Crippen LogP contribution in [0.2, 0.25) is 0 Å². The van der Waals surface area contributed by atoms with E-state index in [4.69, 9.17) is 5.73 Å². The molecule has 2 unspecified atom stereocenters. The number of hydrogen-bond donors (Lipinski definition) is 3. The quantitative estimate of drug-likeness (QED) is 0.702. The van der Waals surface area contributed by atoms with Crippen molar-refractivity contribution in [2.75, 3.05) is 18.9 Å². The molecule has 4 N–H and O–H groups in total. The molecule has 0 heterocycles. The van der Waals surface area contributed by atoms with Gasteiger partial charge in [0.1, 0.15) is 0 Å². The minimum Gasteiger partial charge on any atom is -0.399 e. The van der Waals surface area contributed by atoms with Gasteiger partial charge in [-0.2, -0.15) is 0 Å². The average molecular weight is 290 g/mol. The molecular formula is C17H26N2O2. The highest BCUT2D eigenvalue weighted by Crippen LogP contribution is 2.29. The molecule has 4 nitrogen and oxygen atoms in total. The molecule has 0 saturated heterocycles. The van der Waals surface area contributed by atoms with Gasteiger partial charge in [-0.25, -0.2) is 0 Å². The molecule has 4 heteroatoms. The van der Waals surface area contributed by atoms with Crippen LogP contribution in [-0.2, 0) is 11.2 Å². The van der Waals surface area contributed by atoms with Gasteiger partial charge in [-0.05, 0) is 48.8 Å². The Morgan fingerprint density at radius 2 is 1.86 bits per heavy atom. The summed E-state index contributed by atoms with van der Waals surface area (Å²) in [6, 6.07) is 7.65. The summed E-state index contributed by atoms with van der Waals surface area (Å²) < 4.78 is 0. The molecule has 0 radical (unpaired) electrons. The number of anilines is 1. The smallest absolute Gasteiger partial charge is 0.220 e. The van der Waals surface area contributed by atoms with Crippen molar-refractivity contribution in [2.24, 2.45) is 11.8 Å². The zero-order chi connectivity index (χ0) is 15.1. The first kappa shape index (κ1) is 15.8. The van der Waals surface area contributed by atoms with E-state index in [1.165, 1.54) is 12.8 Å². The zero-order valence-corrected chi connectivity index (χ0v) is 12.6. The van der Waals surface area contributed by atoms with E-state index >= 15 is 0 Å². The van der Waals surface area contributed by atoms with Crippen LogP contribution in [0, 0.1) is 11.8 Å². The van der Waals surface area contributed by atoms with Crippen molar-refractivity contribution in [2.45, 2.75) is 38.5 Å². The summed E-state index contributed by atoms with van der Waals surface area (Å²) in [7, 11) is 0. The number of aliphatic hydroxyl groups is 1. The van der Waals surface area contributed by atoms with Gasteiger partial charge in [0.2, 0.25) is 5.91 Å². The lowest BCUT2D eigenvalue weighted by molar-refractivity contribution is -0.121. The first-order chi connectivity index (χ1) is 10.2. The summed E-state index contributed by atoms with van der Waals surface area (Å²) in [5.74, 6) is 0.884. The van der Waals surface area contributed by atoms with Gasteiger partial charge in [0.15, 0.2) is 0 Å². The Bertz CT molecular complexity index is 445. The molecule has 1 aromatic carbocycles. The van der Waals surface area contributed by atoms with E-state index < -0.39 is 0 Å². The number of aliphatic hydroxyl groups excluding tert-OH is 1. The van der Waals surface area contributed by atoms with E-state index in [0.717, 1.165) is 30.5 Å². The fraction of sp³-hybridized carbons (Fsp3) is 0.588. The molecule has 1 fully saturated rings. The van der Waals surface area contributed by atoms with Gasteiger partial charge in [-0.3, -0.25) is 4.79 Å². The molecule has 1 amide bonds. The van der Waals surface area contributed by atoms with Gasteiger partial charge < -0.3 is 16.2 Å². The SMILES string of the molecule is Nc1ccc(CCC(=O)NCC2CCCCC2CO)cc1. The van der Waals surface area contributed by atoms with E-state index in [0.29, 0.717) is 24.8 Å². The molecule has 21 heavy (non-hydrogen) atoms. The van der Waals surface area contributed by atoms with Crippen LogP contribution in [0.4, 0.5) is 5.69 Å². The number of carbonyl (C=O) groups is 1. The molecule has 2 atom stereocenters. The third-order valence-corrected chi connectivity index (χ3v) is 4.48. The van der Waals surface area contributed by atoms with Crippen LogP contribution >= 0.6 is 0 Å². The Hall–Kier alpha value is -1.55. The predicted octanol–water partition coefficient (Wildman–Crippen LogP) is 2.12. The van der Waals surface area contributed by atoms with E-state index in [9.17, 15) is 9.90 Å². The van der Waals surface area contributed by atoms with Crippen molar-refractivity contribution in [3.63, 3.8) is 0 Å². The van der Waals surface area contributed by atoms with Crippen molar-refractivity contribution < 1.29 is 9.90 Å². The number of hydrogen-bond acceptors (Lipinski definition) is 3. The lowest BCUT2D eigenvalue weighted by Gasteiger charge is -2.30. The van der Waals surface area contributed by atoms with Gasteiger partial charge in [0.05, 0.1) is 0 Å². The van der Waals surface area contributed by atoms with Crippen molar-refractivity contribution in [1.82, 2.24) is 5.32 Å². The predicted molar refractivity (Wildman–Crippen MR) is 84.7 cm³/mol. The van der Waals surface area contributed by atoms with Crippen LogP contribution in [0.1, 0.15) is 37.7 Å². The summed E-state index contributed by atoms with van der Waals surface area (Å²) in [4.78, 5) is 11.9. The zero-order valence-electron chi connectivity index (χ0n) is 12.6. The van der Waals surface area contributed by atoms with Gasteiger partial charge in [0, 0.05) is 25.3 Å². The first-order valence-corrected chi connectivity index (χ1v) is 7.91. The Balaban J connectivity index is 1.70. The standard InChI is InChI=1S/C17H26N2O2/c18-16-8-5-13(6-9-16)7-10-17(21)19-11-14-3-1-2-4-15(14)12-20/h5-6,8-9,14-15,20H,1-4,7,10-12,18H2,(H,19,21). The molecule has 0 bridgehead atoms. The summed E-state index contributed by atoms with van der Waals surface area (Å²) in [6.45, 7) is 0.942. The summed E-state index contributed by atoms with van der Waals surface area (Å²) in [5, 5.41) is 12.4. The van der Waals surface area contributed by atoms with Gasteiger partial charge in [-0.1, -0.05) is 25.0 Å². The number of benzene rings is 1. The molecule has 2 rings (SSSR count). The van der Waals surface area contributed by atoms with Crippen LogP contribution in [0.5, 0.6) is 0 Å². The summed E-state index contributed by atoms with van der Waals surface area (Å²) in [5.41, 5.74) is 7.52. The third-order valence-electron chi connectivity index (χ3n) is 4.48. The van der Waals surface area contributed by atoms with E-state index in [-0.39, 0.29) is 12.5 Å². The van der Waals surface area contributed by atoms with Crippen LogP contribution in [0.25, 0.3) is 0 Å². The number of nitrogens with two attached hydrogens (primary N) is 1. The highest BCUT2D eigenvalue weighted by Gasteiger charge is 2.24. The van der Waals surface area contributed by atoms with Crippen LogP contribution in [0.3, 0.4) is 0 Å².